The van der Waals surface area contributed by atoms with Crippen molar-refractivity contribution in [1.29, 1.82) is 0 Å². The summed E-state index contributed by atoms with van der Waals surface area (Å²) in [6.07, 6.45) is 1.03. The number of benzene rings is 1. The monoisotopic (exact) mass is 259 g/mol. The highest BCUT2D eigenvalue weighted by Crippen LogP contribution is 2.22. The lowest BCUT2D eigenvalue weighted by Gasteiger charge is -2.24. The SMILES string of the molecule is CCC(C)(C)NCCSc1cc(F)ccc1F. The van der Waals surface area contributed by atoms with Crippen LogP contribution in [0.1, 0.15) is 27.2 Å². The van der Waals surface area contributed by atoms with Gasteiger partial charge in [-0.1, -0.05) is 6.92 Å². The Labute approximate surface area is 106 Å². The Kier molecular flexibility index (Phi) is 5.40. The molecule has 0 spiro atoms. The molecule has 0 amide bonds. The fourth-order valence-electron chi connectivity index (χ4n) is 1.26. The van der Waals surface area contributed by atoms with E-state index in [1.54, 1.807) is 0 Å². The van der Waals surface area contributed by atoms with Gasteiger partial charge in [-0.25, -0.2) is 8.78 Å². The molecule has 0 saturated carbocycles. The van der Waals surface area contributed by atoms with Crippen LogP contribution in [0.25, 0.3) is 0 Å². The highest BCUT2D eigenvalue weighted by Gasteiger charge is 2.13. The summed E-state index contributed by atoms with van der Waals surface area (Å²) in [5.74, 6) is -0.0222. The van der Waals surface area contributed by atoms with Gasteiger partial charge in [-0.2, -0.15) is 0 Å². The number of hydrogen-bond acceptors (Lipinski definition) is 2. The largest absolute Gasteiger partial charge is 0.311 e. The van der Waals surface area contributed by atoms with Crippen molar-refractivity contribution in [2.24, 2.45) is 0 Å². The normalized spacial score (nSPS) is 11.8. The third-order valence-electron chi connectivity index (χ3n) is 2.74. The van der Waals surface area contributed by atoms with Crippen LogP contribution in [0.5, 0.6) is 0 Å². The van der Waals surface area contributed by atoms with Crippen molar-refractivity contribution in [2.75, 3.05) is 12.3 Å². The molecule has 0 fully saturated rings. The van der Waals surface area contributed by atoms with Gasteiger partial charge in [0.15, 0.2) is 0 Å². The van der Waals surface area contributed by atoms with E-state index in [1.165, 1.54) is 23.9 Å². The van der Waals surface area contributed by atoms with Crippen LogP contribution in [0.4, 0.5) is 8.78 Å². The van der Waals surface area contributed by atoms with E-state index in [2.05, 4.69) is 26.1 Å². The van der Waals surface area contributed by atoms with E-state index in [-0.39, 0.29) is 11.4 Å². The quantitative estimate of drug-likeness (QED) is 0.615. The van der Waals surface area contributed by atoms with Gasteiger partial charge in [0.05, 0.1) is 0 Å². The van der Waals surface area contributed by atoms with Crippen molar-refractivity contribution in [3.8, 4) is 0 Å². The van der Waals surface area contributed by atoms with Gasteiger partial charge in [-0.05, 0) is 38.5 Å². The van der Waals surface area contributed by atoms with Crippen LogP contribution in [0.3, 0.4) is 0 Å². The minimum Gasteiger partial charge on any atom is -0.311 e. The summed E-state index contributed by atoms with van der Waals surface area (Å²) < 4.78 is 26.2. The molecule has 0 aliphatic heterocycles. The summed E-state index contributed by atoms with van der Waals surface area (Å²) in [4.78, 5) is 0.376. The molecule has 0 radical (unpaired) electrons. The topological polar surface area (TPSA) is 12.0 Å². The molecule has 0 heterocycles. The predicted molar refractivity (Wildman–Crippen MR) is 69.5 cm³/mol. The van der Waals surface area contributed by atoms with E-state index >= 15 is 0 Å². The molecule has 0 aromatic heterocycles. The maximum atomic E-state index is 13.3. The van der Waals surface area contributed by atoms with Gasteiger partial charge < -0.3 is 5.32 Å². The van der Waals surface area contributed by atoms with E-state index in [4.69, 9.17) is 0 Å². The predicted octanol–water partition coefficient (Wildman–Crippen LogP) is 3.84. The summed E-state index contributed by atoms with van der Waals surface area (Å²) in [5, 5.41) is 3.38. The van der Waals surface area contributed by atoms with Gasteiger partial charge >= 0.3 is 0 Å². The molecule has 4 heteroatoms. The van der Waals surface area contributed by atoms with Crippen LogP contribution >= 0.6 is 11.8 Å². The van der Waals surface area contributed by atoms with Crippen molar-refractivity contribution in [3.63, 3.8) is 0 Å². The second kappa shape index (κ2) is 6.36. The van der Waals surface area contributed by atoms with E-state index in [1.807, 2.05) is 0 Å². The summed E-state index contributed by atoms with van der Waals surface area (Å²) in [6.45, 7) is 7.15. The standard InChI is InChI=1S/C13H19F2NS/c1-4-13(2,3)16-7-8-17-12-9-10(14)5-6-11(12)15/h5-6,9,16H,4,7-8H2,1-3H3. The van der Waals surface area contributed by atoms with Crippen LogP contribution in [0.15, 0.2) is 23.1 Å². The minimum atomic E-state index is -0.393. The first-order valence-electron chi connectivity index (χ1n) is 5.77. The fraction of sp³-hybridized carbons (Fsp3) is 0.538. The average Bonchev–Trinajstić information content (AvgIpc) is 2.29. The minimum absolute atomic E-state index is 0.0983. The molecule has 0 aliphatic rings. The lowest BCUT2D eigenvalue weighted by molar-refractivity contribution is 0.388. The van der Waals surface area contributed by atoms with E-state index in [0.717, 1.165) is 24.8 Å². The Hall–Kier alpha value is -0.610. The van der Waals surface area contributed by atoms with E-state index in [0.29, 0.717) is 4.90 Å². The molecular formula is C13H19F2NS. The molecule has 1 aromatic rings. The number of nitrogens with one attached hydrogen (secondary N) is 1. The second-order valence-electron chi connectivity index (χ2n) is 4.59. The first kappa shape index (κ1) is 14.5. The molecule has 17 heavy (non-hydrogen) atoms. The Morgan fingerprint density at radius 1 is 1.29 bits per heavy atom. The molecule has 0 atom stereocenters. The van der Waals surface area contributed by atoms with Crippen molar-refractivity contribution in [2.45, 2.75) is 37.6 Å². The molecule has 1 aromatic carbocycles. The highest BCUT2D eigenvalue weighted by molar-refractivity contribution is 7.99. The Bertz CT molecular complexity index is 366. The third-order valence-corrected chi connectivity index (χ3v) is 3.77. The maximum Gasteiger partial charge on any atom is 0.136 e. The van der Waals surface area contributed by atoms with Crippen molar-refractivity contribution in [1.82, 2.24) is 5.32 Å². The first-order chi connectivity index (χ1) is 7.94. The maximum absolute atomic E-state index is 13.3. The average molecular weight is 259 g/mol. The lowest BCUT2D eigenvalue weighted by atomic mass is 10.0. The van der Waals surface area contributed by atoms with Crippen molar-refractivity contribution >= 4 is 11.8 Å². The Morgan fingerprint density at radius 2 is 2.00 bits per heavy atom. The number of thioether (sulfide) groups is 1. The fourth-order valence-corrected chi connectivity index (χ4v) is 2.09. The van der Waals surface area contributed by atoms with Gasteiger partial charge in [0, 0.05) is 22.7 Å². The zero-order valence-corrected chi connectivity index (χ0v) is 11.3. The Morgan fingerprint density at radius 3 is 2.65 bits per heavy atom. The zero-order chi connectivity index (χ0) is 12.9. The molecule has 0 bridgehead atoms. The van der Waals surface area contributed by atoms with Gasteiger partial charge in [0.1, 0.15) is 11.6 Å². The van der Waals surface area contributed by atoms with Gasteiger partial charge in [-0.3, -0.25) is 0 Å². The van der Waals surface area contributed by atoms with Gasteiger partial charge in [0.2, 0.25) is 0 Å². The molecule has 1 rings (SSSR count). The molecule has 0 unspecified atom stereocenters. The first-order valence-corrected chi connectivity index (χ1v) is 6.76. The molecule has 1 nitrogen and oxygen atoms in total. The van der Waals surface area contributed by atoms with Crippen LogP contribution in [-0.4, -0.2) is 17.8 Å². The summed E-state index contributed by atoms with van der Waals surface area (Å²) in [5.41, 5.74) is 0.0983. The van der Waals surface area contributed by atoms with Crippen LogP contribution in [0, 0.1) is 11.6 Å². The van der Waals surface area contributed by atoms with Gasteiger partial charge in [-0.15, -0.1) is 11.8 Å². The lowest BCUT2D eigenvalue weighted by Crippen LogP contribution is -2.39. The van der Waals surface area contributed by atoms with Crippen molar-refractivity contribution in [3.05, 3.63) is 29.8 Å². The zero-order valence-electron chi connectivity index (χ0n) is 10.5. The second-order valence-corrected chi connectivity index (χ2v) is 5.72. The smallest absolute Gasteiger partial charge is 0.136 e. The highest BCUT2D eigenvalue weighted by atomic mass is 32.2. The summed E-state index contributed by atoms with van der Waals surface area (Å²) in [6, 6.07) is 3.55. The van der Waals surface area contributed by atoms with E-state index in [9.17, 15) is 8.78 Å². The molecule has 0 aliphatic carbocycles. The van der Waals surface area contributed by atoms with Crippen LogP contribution in [0.2, 0.25) is 0 Å². The number of hydrogen-bond donors (Lipinski definition) is 1. The van der Waals surface area contributed by atoms with Crippen LogP contribution < -0.4 is 5.32 Å². The van der Waals surface area contributed by atoms with Crippen molar-refractivity contribution < 1.29 is 8.78 Å². The number of rotatable bonds is 6. The summed E-state index contributed by atoms with van der Waals surface area (Å²) >= 11 is 1.33. The Balaban J connectivity index is 2.38. The van der Waals surface area contributed by atoms with E-state index < -0.39 is 5.82 Å². The number of halogens is 2. The summed E-state index contributed by atoms with van der Waals surface area (Å²) in [7, 11) is 0. The molecule has 96 valence electrons. The molecule has 1 N–H and O–H groups in total. The van der Waals surface area contributed by atoms with Crippen LogP contribution in [-0.2, 0) is 0 Å². The van der Waals surface area contributed by atoms with Gasteiger partial charge in [0.25, 0.3) is 0 Å². The third kappa shape index (κ3) is 5.04. The molecular weight excluding hydrogens is 240 g/mol. The molecule has 0 saturated heterocycles.